The number of carbonyl (C=O) groups is 2. The van der Waals surface area contributed by atoms with Crippen molar-refractivity contribution in [1.82, 2.24) is 5.10 Å². The van der Waals surface area contributed by atoms with Crippen LogP contribution in [0.2, 0.25) is 0 Å². The molecule has 3 aromatic rings. The minimum absolute atomic E-state index is 0.0868. The number of nitrogens with one attached hydrogen (secondary N) is 1. The van der Waals surface area contributed by atoms with E-state index in [0.717, 1.165) is 10.8 Å². The normalized spacial score (nSPS) is 10.5. The number of Topliss-reactive ketones (excluding diaryl/α,β-unsaturated/α-hetero) is 1. The topological polar surface area (TPSA) is 62.9 Å². The molecule has 0 fully saturated rings. The molecule has 2 aromatic carbocycles. The van der Waals surface area contributed by atoms with E-state index < -0.39 is 0 Å². The van der Waals surface area contributed by atoms with Gasteiger partial charge in [-0.1, -0.05) is 29.8 Å². The number of anilines is 1. The first-order valence-corrected chi connectivity index (χ1v) is 7.83. The lowest BCUT2D eigenvalue weighted by molar-refractivity contribution is -0.740. The zero-order valence-corrected chi connectivity index (χ0v) is 13.4. The number of carbonyl (C=O) groups excluding carboxylic acids is 2. The number of ketones is 1. The van der Waals surface area contributed by atoms with Crippen molar-refractivity contribution in [2.45, 2.75) is 19.9 Å². The Bertz CT molecular complexity index is 889. The second-order valence-corrected chi connectivity index (χ2v) is 5.50. The highest BCUT2D eigenvalue weighted by Crippen LogP contribution is 2.11. The van der Waals surface area contributed by atoms with Gasteiger partial charge in [0.05, 0.1) is 0 Å². The zero-order valence-electron chi connectivity index (χ0n) is 13.4. The average molecular weight is 320 g/mol. The van der Waals surface area contributed by atoms with E-state index in [2.05, 4.69) is 10.4 Å². The molecular weight excluding hydrogens is 302 g/mol. The van der Waals surface area contributed by atoms with Gasteiger partial charge in [0.25, 0.3) is 12.5 Å². The summed E-state index contributed by atoms with van der Waals surface area (Å²) in [7, 11) is 0. The van der Waals surface area contributed by atoms with Gasteiger partial charge in [0.1, 0.15) is 6.20 Å². The van der Waals surface area contributed by atoms with Crippen LogP contribution in [0.1, 0.15) is 23.7 Å². The van der Waals surface area contributed by atoms with Gasteiger partial charge in [0.2, 0.25) is 6.20 Å². The summed E-state index contributed by atoms with van der Waals surface area (Å²) < 4.78 is 1.60. The van der Waals surface area contributed by atoms with Crippen molar-refractivity contribution in [1.29, 1.82) is 0 Å². The Kier molecular flexibility index (Phi) is 4.61. The first kappa shape index (κ1) is 15.8. The molecule has 1 N–H and O–H groups in total. The minimum atomic E-state index is -0.169. The largest absolute Gasteiger partial charge is 0.321 e. The first-order valence-electron chi connectivity index (χ1n) is 7.83. The summed E-state index contributed by atoms with van der Waals surface area (Å²) in [4.78, 5) is 23.8. The zero-order chi connectivity index (χ0) is 16.9. The molecule has 5 heteroatoms. The maximum atomic E-state index is 12.2. The number of aromatic nitrogens is 2. The summed E-state index contributed by atoms with van der Waals surface area (Å²) in [5, 5.41) is 9.12. The van der Waals surface area contributed by atoms with Gasteiger partial charge < -0.3 is 5.32 Å². The molecule has 120 valence electrons. The van der Waals surface area contributed by atoms with Gasteiger partial charge in [0, 0.05) is 28.4 Å². The quantitative estimate of drug-likeness (QED) is 0.581. The molecule has 0 atom stereocenters. The highest BCUT2D eigenvalue weighted by molar-refractivity contribution is 5.97. The highest BCUT2D eigenvalue weighted by Gasteiger charge is 2.12. The second kappa shape index (κ2) is 7.00. The fraction of sp³-hybridized carbons (Fsp3) is 0.158. The lowest BCUT2D eigenvalue weighted by Crippen LogP contribution is -2.43. The number of fused-ring (bicyclic) bond motifs is 1. The van der Waals surface area contributed by atoms with Crippen molar-refractivity contribution in [3.63, 3.8) is 0 Å². The summed E-state index contributed by atoms with van der Waals surface area (Å²) in [6, 6.07) is 14.8. The predicted molar refractivity (Wildman–Crippen MR) is 91.6 cm³/mol. The van der Waals surface area contributed by atoms with Crippen molar-refractivity contribution >= 4 is 28.2 Å². The molecule has 0 bridgehead atoms. The van der Waals surface area contributed by atoms with Crippen LogP contribution in [-0.2, 0) is 11.3 Å². The smallest absolute Gasteiger partial charge is 0.292 e. The molecule has 0 aliphatic carbocycles. The third-order valence-electron chi connectivity index (χ3n) is 3.75. The molecular formula is C19H18N3O2+. The van der Waals surface area contributed by atoms with Crippen molar-refractivity contribution < 1.29 is 14.3 Å². The van der Waals surface area contributed by atoms with Crippen LogP contribution in [0.4, 0.5) is 5.69 Å². The van der Waals surface area contributed by atoms with Crippen molar-refractivity contribution in [3.8, 4) is 0 Å². The van der Waals surface area contributed by atoms with E-state index in [1.165, 1.54) is 0 Å². The standard InChI is InChI=1S/C19H17N3O2/c1-2-18(23)14-7-9-17(10-8-14)21-19(24)13-22-12-16-6-4-3-5-15(16)11-20-22/h3-12H,2,13H2,1H3/p+1. The molecule has 5 nitrogen and oxygen atoms in total. The van der Waals surface area contributed by atoms with E-state index in [1.807, 2.05) is 37.4 Å². The fourth-order valence-electron chi connectivity index (χ4n) is 2.45. The van der Waals surface area contributed by atoms with Crippen LogP contribution in [0.25, 0.3) is 10.8 Å². The predicted octanol–water partition coefficient (Wildman–Crippen LogP) is 2.75. The van der Waals surface area contributed by atoms with E-state index in [9.17, 15) is 9.59 Å². The summed E-state index contributed by atoms with van der Waals surface area (Å²) in [5.74, 6) is -0.0823. The van der Waals surface area contributed by atoms with Crippen LogP contribution in [-0.4, -0.2) is 16.8 Å². The highest BCUT2D eigenvalue weighted by atomic mass is 16.2. The van der Waals surface area contributed by atoms with Crippen molar-refractivity contribution in [3.05, 3.63) is 66.5 Å². The second-order valence-electron chi connectivity index (χ2n) is 5.50. The van der Waals surface area contributed by atoms with E-state index in [0.29, 0.717) is 17.7 Å². The molecule has 0 unspecified atom stereocenters. The first-order chi connectivity index (χ1) is 11.7. The Morgan fingerprint density at radius 3 is 2.46 bits per heavy atom. The molecule has 3 rings (SSSR count). The van der Waals surface area contributed by atoms with E-state index in [-0.39, 0.29) is 18.2 Å². The third kappa shape index (κ3) is 3.63. The third-order valence-corrected chi connectivity index (χ3v) is 3.75. The Balaban J connectivity index is 1.67. The molecule has 1 amide bonds. The van der Waals surface area contributed by atoms with Gasteiger partial charge in [-0.15, -0.1) is 0 Å². The Labute approximate surface area is 139 Å². The molecule has 0 saturated carbocycles. The van der Waals surface area contributed by atoms with Gasteiger partial charge in [-0.25, -0.2) is 0 Å². The summed E-state index contributed by atoms with van der Waals surface area (Å²) in [5.41, 5.74) is 1.31. The van der Waals surface area contributed by atoms with Gasteiger partial charge in [0.15, 0.2) is 5.78 Å². The maximum absolute atomic E-state index is 12.2. The lowest BCUT2D eigenvalue weighted by Gasteiger charge is -2.04. The van der Waals surface area contributed by atoms with Gasteiger partial charge in [-0.3, -0.25) is 9.59 Å². The Morgan fingerprint density at radius 2 is 1.75 bits per heavy atom. The van der Waals surface area contributed by atoms with Crippen LogP contribution >= 0.6 is 0 Å². The minimum Gasteiger partial charge on any atom is -0.321 e. The van der Waals surface area contributed by atoms with Crippen LogP contribution < -0.4 is 10.00 Å². The van der Waals surface area contributed by atoms with Gasteiger partial charge in [-0.05, 0) is 35.4 Å². The Hall–Kier alpha value is -3.08. The van der Waals surface area contributed by atoms with Crippen molar-refractivity contribution in [2.24, 2.45) is 0 Å². The monoisotopic (exact) mass is 320 g/mol. The van der Waals surface area contributed by atoms with E-state index in [4.69, 9.17) is 0 Å². The fourth-order valence-corrected chi connectivity index (χ4v) is 2.45. The molecule has 24 heavy (non-hydrogen) atoms. The van der Waals surface area contributed by atoms with Crippen LogP contribution in [0.5, 0.6) is 0 Å². The number of rotatable bonds is 5. The van der Waals surface area contributed by atoms with Crippen LogP contribution in [0.3, 0.4) is 0 Å². The number of benzene rings is 2. The van der Waals surface area contributed by atoms with Gasteiger partial charge in [-0.2, -0.15) is 0 Å². The number of nitrogens with zero attached hydrogens (tertiary/aromatic N) is 2. The number of hydrogen-bond donors (Lipinski definition) is 1. The van der Waals surface area contributed by atoms with E-state index in [1.54, 1.807) is 35.1 Å². The summed E-state index contributed by atoms with van der Waals surface area (Å²) in [6.45, 7) is 1.95. The van der Waals surface area contributed by atoms with Crippen LogP contribution in [0.15, 0.2) is 60.9 Å². The van der Waals surface area contributed by atoms with E-state index >= 15 is 0 Å². The summed E-state index contributed by atoms with van der Waals surface area (Å²) >= 11 is 0. The molecule has 1 heterocycles. The molecule has 0 aliphatic heterocycles. The average Bonchev–Trinajstić information content (AvgIpc) is 2.61. The summed E-state index contributed by atoms with van der Waals surface area (Å²) in [6.07, 6.45) is 4.06. The molecule has 0 radical (unpaired) electrons. The Morgan fingerprint density at radius 1 is 1.04 bits per heavy atom. The van der Waals surface area contributed by atoms with Crippen LogP contribution in [0, 0.1) is 0 Å². The SMILES string of the molecule is CCC(=O)c1ccc(NC(=O)C[n+]2cc3ccccc3cn2)cc1. The molecule has 0 aliphatic rings. The molecule has 1 aromatic heterocycles. The molecule has 0 saturated heterocycles. The molecule has 0 spiro atoms. The number of amides is 1. The lowest BCUT2D eigenvalue weighted by atomic mass is 10.1. The maximum Gasteiger partial charge on any atom is 0.292 e. The van der Waals surface area contributed by atoms with Gasteiger partial charge >= 0.3 is 0 Å². The number of hydrogen-bond acceptors (Lipinski definition) is 3. The van der Waals surface area contributed by atoms with Crippen molar-refractivity contribution in [2.75, 3.05) is 5.32 Å².